The fourth-order valence-electron chi connectivity index (χ4n) is 2.21. The van der Waals surface area contributed by atoms with E-state index in [-0.39, 0.29) is 12.5 Å². The van der Waals surface area contributed by atoms with E-state index in [0.717, 1.165) is 12.5 Å². The first-order valence-corrected chi connectivity index (χ1v) is 6.10. The molecule has 16 heavy (non-hydrogen) atoms. The minimum absolute atomic E-state index is 0.0385. The topological polar surface area (TPSA) is 75.3 Å². The molecular weight excluding hydrogens is 204 g/mol. The molecule has 1 saturated carbocycles. The molecule has 94 valence electrons. The van der Waals surface area contributed by atoms with Gasteiger partial charge in [-0.05, 0) is 24.2 Å². The van der Waals surface area contributed by atoms with Crippen molar-refractivity contribution in [1.29, 1.82) is 0 Å². The van der Waals surface area contributed by atoms with Crippen molar-refractivity contribution in [1.82, 2.24) is 5.32 Å². The van der Waals surface area contributed by atoms with E-state index in [4.69, 9.17) is 10.8 Å². The second-order valence-electron chi connectivity index (χ2n) is 5.61. The molecule has 1 aliphatic carbocycles. The fraction of sp³-hybridized carbons (Fsp3) is 0.917. The predicted octanol–water partition coefficient (Wildman–Crippen LogP) is 1.20. The molecule has 0 heterocycles. The van der Waals surface area contributed by atoms with Crippen molar-refractivity contribution in [3.8, 4) is 0 Å². The SMILES string of the molecule is CC(C)(CNCC(N)CC(=O)O)C1CCC1. The third-order valence-corrected chi connectivity index (χ3v) is 3.63. The highest BCUT2D eigenvalue weighted by Gasteiger charge is 2.33. The molecule has 0 aromatic rings. The molecule has 1 rings (SSSR count). The van der Waals surface area contributed by atoms with Gasteiger partial charge in [0.05, 0.1) is 6.42 Å². The van der Waals surface area contributed by atoms with Crippen LogP contribution in [0.15, 0.2) is 0 Å². The maximum atomic E-state index is 10.4. The summed E-state index contributed by atoms with van der Waals surface area (Å²) in [7, 11) is 0. The molecular formula is C12H24N2O2. The van der Waals surface area contributed by atoms with Gasteiger partial charge in [0.2, 0.25) is 0 Å². The van der Waals surface area contributed by atoms with Gasteiger partial charge in [-0.1, -0.05) is 20.3 Å². The van der Waals surface area contributed by atoms with Crippen LogP contribution in [-0.2, 0) is 4.79 Å². The Labute approximate surface area is 97.6 Å². The van der Waals surface area contributed by atoms with Crippen molar-refractivity contribution >= 4 is 5.97 Å². The maximum Gasteiger partial charge on any atom is 0.304 e. The number of carboxylic acids is 1. The Kier molecular flexibility index (Phi) is 4.74. The summed E-state index contributed by atoms with van der Waals surface area (Å²) in [6.07, 6.45) is 4.05. The highest BCUT2D eigenvalue weighted by molar-refractivity contribution is 5.67. The van der Waals surface area contributed by atoms with E-state index in [0.29, 0.717) is 12.0 Å². The van der Waals surface area contributed by atoms with Crippen LogP contribution in [0.1, 0.15) is 39.5 Å². The Hall–Kier alpha value is -0.610. The van der Waals surface area contributed by atoms with Gasteiger partial charge in [-0.3, -0.25) is 4.79 Å². The minimum Gasteiger partial charge on any atom is -0.481 e. The van der Waals surface area contributed by atoms with Crippen LogP contribution in [0.3, 0.4) is 0 Å². The predicted molar refractivity (Wildman–Crippen MR) is 64.2 cm³/mol. The molecule has 0 aliphatic heterocycles. The van der Waals surface area contributed by atoms with Gasteiger partial charge < -0.3 is 16.2 Å². The lowest BCUT2D eigenvalue weighted by molar-refractivity contribution is -0.137. The van der Waals surface area contributed by atoms with Crippen molar-refractivity contribution in [3.05, 3.63) is 0 Å². The number of nitrogens with two attached hydrogens (primary N) is 1. The van der Waals surface area contributed by atoms with Gasteiger partial charge in [-0.15, -0.1) is 0 Å². The highest BCUT2D eigenvalue weighted by atomic mass is 16.4. The molecule has 4 nitrogen and oxygen atoms in total. The number of carbonyl (C=O) groups is 1. The zero-order valence-corrected chi connectivity index (χ0v) is 10.3. The minimum atomic E-state index is -0.826. The highest BCUT2D eigenvalue weighted by Crippen LogP contribution is 2.41. The van der Waals surface area contributed by atoms with Crippen molar-refractivity contribution in [2.75, 3.05) is 13.1 Å². The third-order valence-electron chi connectivity index (χ3n) is 3.63. The Morgan fingerprint density at radius 2 is 2.19 bits per heavy atom. The van der Waals surface area contributed by atoms with E-state index in [2.05, 4.69) is 19.2 Å². The largest absolute Gasteiger partial charge is 0.481 e. The number of hydrogen-bond acceptors (Lipinski definition) is 3. The van der Waals surface area contributed by atoms with Crippen LogP contribution in [0.25, 0.3) is 0 Å². The number of rotatable bonds is 7. The monoisotopic (exact) mass is 228 g/mol. The molecule has 0 aromatic heterocycles. The average molecular weight is 228 g/mol. The molecule has 0 radical (unpaired) electrons. The van der Waals surface area contributed by atoms with E-state index in [1.54, 1.807) is 0 Å². The summed E-state index contributed by atoms with van der Waals surface area (Å²) in [5.41, 5.74) is 5.99. The average Bonchev–Trinajstić information content (AvgIpc) is 1.96. The normalized spacial score (nSPS) is 19.2. The summed E-state index contributed by atoms with van der Waals surface area (Å²) >= 11 is 0. The summed E-state index contributed by atoms with van der Waals surface area (Å²) in [5, 5.41) is 11.9. The van der Waals surface area contributed by atoms with Crippen LogP contribution in [0.2, 0.25) is 0 Å². The lowest BCUT2D eigenvalue weighted by Gasteiger charge is -2.40. The summed E-state index contributed by atoms with van der Waals surface area (Å²) in [6.45, 7) is 6.05. The Morgan fingerprint density at radius 1 is 1.56 bits per heavy atom. The Balaban J connectivity index is 2.16. The standard InChI is InChI=1S/C12H24N2O2/c1-12(2,9-4-3-5-9)8-14-7-10(13)6-11(15)16/h9-10,14H,3-8,13H2,1-2H3,(H,15,16). The maximum absolute atomic E-state index is 10.4. The summed E-state index contributed by atoms with van der Waals surface area (Å²) in [4.78, 5) is 10.4. The van der Waals surface area contributed by atoms with Crippen LogP contribution < -0.4 is 11.1 Å². The summed E-state index contributed by atoms with van der Waals surface area (Å²) in [5.74, 6) is -0.0109. The summed E-state index contributed by atoms with van der Waals surface area (Å²) < 4.78 is 0. The second kappa shape index (κ2) is 5.64. The van der Waals surface area contributed by atoms with E-state index >= 15 is 0 Å². The van der Waals surface area contributed by atoms with E-state index in [1.165, 1.54) is 19.3 Å². The van der Waals surface area contributed by atoms with Crippen LogP contribution in [0.5, 0.6) is 0 Å². The molecule has 1 aliphatic rings. The molecule has 4 heteroatoms. The van der Waals surface area contributed by atoms with E-state index in [1.807, 2.05) is 0 Å². The van der Waals surface area contributed by atoms with Gasteiger partial charge in [0.25, 0.3) is 0 Å². The molecule has 1 unspecified atom stereocenters. The van der Waals surface area contributed by atoms with Gasteiger partial charge in [-0.25, -0.2) is 0 Å². The molecule has 4 N–H and O–H groups in total. The van der Waals surface area contributed by atoms with Crippen molar-refractivity contribution in [2.24, 2.45) is 17.1 Å². The number of carboxylic acid groups (broad SMARTS) is 1. The van der Waals surface area contributed by atoms with E-state index < -0.39 is 5.97 Å². The first kappa shape index (κ1) is 13.5. The van der Waals surface area contributed by atoms with Gasteiger partial charge in [0, 0.05) is 19.1 Å². The van der Waals surface area contributed by atoms with Crippen LogP contribution in [0.4, 0.5) is 0 Å². The van der Waals surface area contributed by atoms with E-state index in [9.17, 15) is 4.79 Å². The zero-order valence-electron chi connectivity index (χ0n) is 10.3. The van der Waals surface area contributed by atoms with Gasteiger partial charge in [-0.2, -0.15) is 0 Å². The number of nitrogens with one attached hydrogen (secondary N) is 1. The first-order valence-electron chi connectivity index (χ1n) is 6.10. The van der Waals surface area contributed by atoms with Gasteiger partial charge >= 0.3 is 5.97 Å². The number of aliphatic carboxylic acids is 1. The first-order chi connectivity index (χ1) is 7.42. The molecule has 0 spiro atoms. The molecule has 1 atom stereocenters. The molecule has 0 saturated heterocycles. The van der Waals surface area contributed by atoms with Crippen molar-refractivity contribution < 1.29 is 9.90 Å². The van der Waals surface area contributed by atoms with Crippen LogP contribution in [0, 0.1) is 11.3 Å². The van der Waals surface area contributed by atoms with Crippen molar-refractivity contribution in [3.63, 3.8) is 0 Å². The lowest BCUT2D eigenvalue weighted by atomic mass is 9.67. The molecule has 1 fully saturated rings. The van der Waals surface area contributed by atoms with Crippen LogP contribution >= 0.6 is 0 Å². The number of hydrogen-bond donors (Lipinski definition) is 3. The third kappa shape index (κ3) is 4.10. The Bertz CT molecular complexity index is 237. The lowest BCUT2D eigenvalue weighted by Crippen LogP contribution is -2.43. The van der Waals surface area contributed by atoms with Gasteiger partial charge in [0.1, 0.15) is 0 Å². The smallest absolute Gasteiger partial charge is 0.304 e. The van der Waals surface area contributed by atoms with Gasteiger partial charge in [0.15, 0.2) is 0 Å². The Morgan fingerprint density at radius 3 is 2.62 bits per heavy atom. The molecule has 0 aromatic carbocycles. The summed E-state index contributed by atoms with van der Waals surface area (Å²) in [6, 6.07) is -0.283. The second-order valence-corrected chi connectivity index (χ2v) is 5.61. The van der Waals surface area contributed by atoms with Crippen molar-refractivity contribution in [2.45, 2.75) is 45.6 Å². The molecule has 0 bridgehead atoms. The molecule has 0 amide bonds. The zero-order chi connectivity index (χ0) is 12.2. The fourth-order valence-corrected chi connectivity index (χ4v) is 2.21. The quantitative estimate of drug-likeness (QED) is 0.612. The van der Waals surface area contributed by atoms with Crippen LogP contribution in [-0.4, -0.2) is 30.2 Å².